The van der Waals surface area contributed by atoms with Gasteiger partial charge >= 0.3 is 0 Å². The van der Waals surface area contributed by atoms with Crippen LogP contribution in [0.25, 0.3) is 0 Å². The Kier molecular flexibility index (Phi) is 6.15. The summed E-state index contributed by atoms with van der Waals surface area (Å²) < 4.78 is 16.1. The predicted octanol–water partition coefficient (Wildman–Crippen LogP) is 2.01. The molecule has 2 heterocycles. The van der Waals surface area contributed by atoms with Crippen LogP contribution in [0.15, 0.2) is 42.5 Å². The van der Waals surface area contributed by atoms with Crippen molar-refractivity contribution in [1.82, 2.24) is 4.90 Å². The standard InChI is InChI=1S/C22H25N3O5/c1-28-18-5-2-16(3-6-18)22(27)23-17-4-7-20-19(14-17)25(21(26)15-30-20)9-8-24-10-12-29-13-11-24/h2-7,14H,8-13,15H2,1H3,(H,23,27). The van der Waals surface area contributed by atoms with Crippen molar-refractivity contribution in [2.75, 3.05) is 63.3 Å². The van der Waals surface area contributed by atoms with Gasteiger partial charge in [0.15, 0.2) is 6.61 Å². The topological polar surface area (TPSA) is 80.3 Å². The van der Waals surface area contributed by atoms with E-state index in [9.17, 15) is 9.59 Å². The van der Waals surface area contributed by atoms with Crippen LogP contribution in [0.5, 0.6) is 11.5 Å². The Labute approximate surface area is 175 Å². The first-order valence-corrected chi connectivity index (χ1v) is 9.97. The van der Waals surface area contributed by atoms with Crippen LogP contribution in [0.3, 0.4) is 0 Å². The molecule has 30 heavy (non-hydrogen) atoms. The summed E-state index contributed by atoms with van der Waals surface area (Å²) in [5.41, 5.74) is 1.79. The average Bonchev–Trinajstić information content (AvgIpc) is 2.79. The van der Waals surface area contributed by atoms with Crippen LogP contribution in [-0.4, -0.2) is 69.8 Å². The van der Waals surface area contributed by atoms with Crippen LogP contribution in [0.4, 0.5) is 11.4 Å². The number of hydrogen-bond donors (Lipinski definition) is 1. The van der Waals surface area contributed by atoms with Gasteiger partial charge in [0.1, 0.15) is 11.5 Å². The molecule has 0 unspecified atom stereocenters. The van der Waals surface area contributed by atoms with E-state index in [2.05, 4.69) is 10.2 Å². The first-order valence-electron chi connectivity index (χ1n) is 9.97. The number of amides is 2. The molecular formula is C22H25N3O5. The Bertz CT molecular complexity index is 909. The molecule has 0 aliphatic carbocycles. The number of benzene rings is 2. The zero-order chi connectivity index (χ0) is 20.9. The molecule has 2 amide bonds. The number of fused-ring (bicyclic) bond motifs is 1. The molecule has 0 bridgehead atoms. The molecule has 0 aromatic heterocycles. The summed E-state index contributed by atoms with van der Waals surface area (Å²) in [5, 5.41) is 2.89. The fourth-order valence-corrected chi connectivity index (χ4v) is 3.54. The average molecular weight is 411 g/mol. The first kappa shape index (κ1) is 20.2. The van der Waals surface area contributed by atoms with E-state index >= 15 is 0 Å². The number of ether oxygens (including phenoxy) is 3. The molecule has 1 fully saturated rings. The Morgan fingerprint density at radius 3 is 2.60 bits per heavy atom. The molecule has 8 nitrogen and oxygen atoms in total. The monoisotopic (exact) mass is 411 g/mol. The molecule has 0 spiro atoms. The highest BCUT2D eigenvalue weighted by atomic mass is 16.5. The Hall–Kier alpha value is -3.10. The van der Waals surface area contributed by atoms with E-state index in [1.807, 2.05) is 0 Å². The number of nitrogens with zero attached hydrogens (tertiary/aromatic N) is 2. The van der Waals surface area contributed by atoms with Crippen LogP contribution >= 0.6 is 0 Å². The Balaban J connectivity index is 1.47. The third-order valence-corrected chi connectivity index (χ3v) is 5.26. The van der Waals surface area contributed by atoms with Gasteiger partial charge in [-0.2, -0.15) is 0 Å². The van der Waals surface area contributed by atoms with Gasteiger partial charge in [0.25, 0.3) is 11.8 Å². The molecule has 0 saturated carbocycles. The van der Waals surface area contributed by atoms with Crippen molar-refractivity contribution in [3.63, 3.8) is 0 Å². The third-order valence-electron chi connectivity index (χ3n) is 5.26. The minimum absolute atomic E-state index is 0.0215. The largest absolute Gasteiger partial charge is 0.497 e. The fourth-order valence-electron chi connectivity index (χ4n) is 3.54. The maximum Gasteiger partial charge on any atom is 0.265 e. The lowest BCUT2D eigenvalue weighted by Crippen LogP contribution is -2.45. The maximum atomic E-state index is 12.6. The molecule has 0 atom stereocenters. The molecule has 2 aliphatic heterocycles. The second kappa shape index (κ2) is 9.15. The molecular weight excluding hydrogens is 386 g/mol. The normalized spacial score (nSPS) is 16.6. The van der Waals surface area contributed by atoms with Gasteiger partial charge < -0.3 is 24.4 Å². The van der Waals surface area contributed by atoms with Gasteiger partial charge in [-0.25, -0.2) is 0 Å². The van der Waals surface area contributed by atoms with Crippen LogP contribution < -0.4 is 19.7 Å². The zero-order valence-electron chi connectivity index (χ0n) is 16.9. The lowest BCUT2D eigenvalue weighted by Gasteiger charge is -2.33. The van der Waals surface area contributed by atoms with E-state index in [0.29, 0.717) is 35.0 Å². The fraction of sp³-hybridized carbons (Fsp3) is 0.364. The number of anilines is 2. The minimum atomic E-state index is -0.236. The molecule has 1 N–H and O–H groups in total. The van der Waals surface area contributed by atoms with Crippen LogP contribution in [0.2, 0.25) is 0 Å². The number of nitrogens with one attached hydrogen (secondary N) is 1. The van der Waals surface area contributed by atoms with Crippen molar-refractivity contribution in [2.24, 2.45) is 0 Å². The van der Waals surface area contributed by atoms with E-state index in [4.69, 9.17) is 14.2 Å². The van der Waals surface area contributed by atoms with Gasteiger partial charge in [0.05, 0.1) is 26.0 Å². The van der Waals surface area contributed by atoms with Crippen molar-refractivity contribution in [3.8, 4) is 11.5 Å². The van der Waals surface area contributed by atoms with Gasteiger partial charge in [-0.15, -0.1) is 0 Å². The Morgan fingerprint density at radius 1 is 1.10 bits per heavy atom. The quantitative estimate of drug-likeness (QED) is 0.783. The van der Waals surface area contributed by atoms with E-state index in [1.54, 1.807) is 54.5 Å². The lowest BCUT2D eigenvalue weighted by atomic mass is 10.1. The van der Waals surface area contributed by atoms with E-state index in [1.165, 1.54) is 0 Å². The summed E-state index contributed by atoms with van der Waals surface area (Å²) in [7, 11) is 1.58. The minimum Gasteiger partial charge on any atom is -0.497 e. The zero-order valence-corrected chi connectivity index (χ0v) is 16.9. The van der Waals surface area contributed by atoms with Crippen LogP contribution in [0.1, 0.15) is 10.4 Å². The summed E-state index contributed by atoms with van der Waals surface area (Å²) in [6, 6.07) is 12.2. The van der Waals surface area contributed by atoms with Gasteiger partial charge in [-0.3, -0.25) is 14.5 Å². The van der Waals surface area contributed by atoms with E-state index in [-0.39, 0.29) is 18.4 Å². The molecule has 8 heteroatoms. The summed E-state index contributed by atoms with van der Waals surface area (Å²) in [4.78, 5) is 29.1. The van der Waals surface area contributed by atoms with Crippen molar-refractivity contribution < 1.29 is 23.8 Å². The summed E-state index contributed by atoms with van der Waals surface area (Å²) in [6.45, 7) is 4.51. The summed E-state index contributed by atoms with van der Waals surface area (Å²) >= 11 is 0. The first-order chi connectivity index (χ1) is 14.6. The number of hydrogen-bond acceptors (Lipinski definition) is 6. The van der Waals surface area contributed by atoms with Crippen molar-refractivity contribution >= 4 is 23.2 Å². The van der Waals surface area contributed by atoms with Gasteiger partial charge in [-0.05, 0) is 42.5 Å². The highest BCUT2D eigenvalue weighted by molar-refractivity contribution is 6.05. The van der Waals surface area contributed by atoms with Gasteiger partial charge in [0, 0.05) is 37.4 Å². The third kappa shape index (κ3) is 4.55. The number of rotatable bonds is 6. The van der Waals surface area contributed by atoms with Crippen molar-refractivity contribution in [3.05, 3.63) is 48.0 Å². The summed E-state index contributed by atoms with van der Waals surface area (Å²) in [5.74, 6) is 1.00. The molecule has 2 aromatic carbocycles. The maximum absolute atomic E-state index is 12.6. The SMILES string of the molecule is COc1ccc(C(=O)Nc2ccc3c(c2)N(CCN2CCOCC2)C(=O)CO3)cc1. The van der Waals surface area contributed by atoms with E-state index < -0.39 is 0 Å². The summed E-state index contributed by atoms with van der Waals surface area (Å²) in [6.07, 6.45) is 0. The molecule has 4 rings (SSSR count). The number of carbonyl (C=O) groups is 2. The second-order valence-corrected chi connectivity index (χ2v) is 7.15. The smallest absolute Gasteiger partial charge is 0.265 e. The highest BCUT2D eigenvalue weighted by Crippen LogP contribution is 2.34. The van der Waals surface area contributed by atoms with Gasteiger partial charge in [-0.1, -0.05) is 0 Å². The van der Waals surface area contributed by atoms with Gasteiger partial charge in [0.2, 0.25) is 0 Å². The van der Waals surface area contributed by atoms with Crippen LogP contribution in [0, 0.1) is 0 Å². The van der Waals surface area contributed by atoms with Crippen molar-refractivity contribution in [2.45, 2.75) is 0 Å². The molecule has 2 aliphatic rings. The lowest BCUT2D eigenvalue weighted by molar-refractivity contribution is -0.121. The van der Waals surface area contributed by atoms with Crippen molar-refractivity contribution in [1.29, 1.82) is 0 Å². The molecule has 1 saturated heterocycles. The molecule has 2 aromatic rings. The number of methoxy groups -OCH3 is 1. The molecule has 158 valence electrons. The second-order valence-electron chi connectivity index (χ2n) is 7.15. The van der Waals surface area contributed by atoms with E-state index in [0.717, 1.165) is 32.8 Å². The van der Waals surface area contributed by atoms with Crippen LogP contribution in [-0.2, 0) is 9.53 Å². The molecule has 0 radical (unpaired) electrons. The highest BCUT2D eigenvalue weighted by Gasteiger charge is 2.26. The number of carbonyl (C=O) groups excluding carboxylic acids is 2. The number of morpholine rings is 1. The predicted molar refractivity (Wildman–Crippen MR) is 112 cm³/mol. The Morgan fingerprint density at radius 2 is 1.87 bits per heavy atom.